The lowest BCUT2D eigenvalue weighted by atomic mass is 10.1. The second-order valence-corrected chi connectivity index (χ2v) is 8.24. The summed E-state index contributed by atoms with van der Waals surface area (Å²) >= 11 is 3.37. The lowest BCUT2D eigenvalue weighted by molar-refractivity contribution is -0.121. The molecule has 0 spiro atoms. The molecular formula is C14H17BrN2O4S. The highest BCUT2D eigenvalue weighted by Crippen LogP contribution is 2.25. The van der Waals surface area contributed by atoms with E-state index >= 15 is 0 Å². The van der Waals surface area contributed by atoms with Crippen LogP contribution in [0.25, 0.3) is 0 Å². The van der Waals surface area contributed by atoms with Gasteiger partial charge in [-0.25, -0.2) is 13.8 Å². The fourth-order valence-electron chi connectivity index (χ4n) is 2.28. The monoisotopic (exact) mass is 388 g/mol. The molecule has 1 saturated heterocycles. The Morgan fingerprint density at radius 1 is 1.55 bits per heavy atom. The molecule has 1 heterocycles. The highest BCUT2D eigenvalue weighted by Gasteiger charge is 2.29. The van der Waals surface area contributed by atoms with Gasteiger partial charge in [-0.15, -0.1) is 0 Å². The molecule has 0 radical (unpaired) electrons. The maximum Gasteiger partial charge on any atom is 0.240 e. The standard InChI is InChI=1S/C14H17BrN2O4S/c1-21-13-3-2-10(6-12(13)15)8-16-17-14(18)7-11-4-5-22(19,20)9-11/h2-3,6,8,11H,4-5,7,9H2,1H3,(H,17,18)/b16-8-/t11-/m1/s1. The first-order valence-electron chi connectivity index (χ1n) is 6.75. The molecule has 1 fully saturated rings. The van der Waals surface area contributed by atoms with E-state index in [9.17, 15) is 13.2 Å². The van der Waals surface area contributed by atoms with E-state index in [1.54, 1.807) is 13.2 Å². The van der Waals surface area contributed by atoms with Crippen molar-refractivity contribution in [1.82, 2.24) is 5.43 Å². The number of ether oxygens (including phenoxy) is 1. The van der Waals surface area contributed by atoms with Crippen molar-refractivity contribution in [3.8, 4) is 5.75 Å². The molecule has 22 heavy (non-hydrogen) atoms. The van der Waals surface area contributed by atoms with Crippen LogP contribution in [-0.2, 0) is 14.6 Å². The summed E-state index contributed by atoms with van der Waals surface area (Å²) in [5.74, 6) is 0.605. The molecule has 1 amide bonds. The highest BCUT2D eigenvalue weighted by atomic mass is 79.9. The van der Waals surface area contributed by atoms with Crippen LogP contribution in [0.5, 0.6) is 5.75 Å². The molecule has 0 bridgehead atoms. The number of methoxy groups -OCH3 is 1. The van der Waals surface area contributed by atoms with Crippen molar-refractivity contribution >= 4 is 37.9 Å². The highest BCUT2D eigenvalue weighted by molar-refractivity contribution is 9.10. The molecule has 6 nitrogen and oxygen atoms in total. The maximum absolute atomic E-state index is 11.7. The number of carbonyl (C=O) groups is 1. The lowest BCUT2D eigenvalue weighted by Gasteiger charge is -2.05. The van der Waals surface area contributed by atoms with Crippen LogP contribution in [-0.4, -0.2) is 39.2 Å². The SMILES string of the molecule is COc1ccc(/C=N\NC(=O)C[C@H]2CCS(=O)(=O)C2)cc1Br. The third kappa shape index (κ3) is 4.81. The molecule has 1 N–H and O–H groups in total. The number of benzene rings is 1. The summed E-state index contributed by atoms with van der Waals surface area (Å²) in [6.45, 7) is 0. The first-order chi connectivity index (χ1) is 10.4. The van der Waals surface area contributed by atoms with Gasteiger partial charge in [0.25, 0.3) is 0 Å². The molecule has 0 aliphatic carbocycles. The summed E-state index contributed by atoms with van der Waals surface area (Å²) < 4.78 is 28.6. The number of hydrazone groups is 1. The Hall–Kier alpha value is -1.41. The second-order valence-electron chi connectivity index (χ2n) is 5.16. The Bertz CT molecular complexity index is 688. The maximum atomic E-state index is 11.7. The van der Waals surface area contributed by atoms with Gasteiger partial charge < -0.3 is 4.74 Å². The number of halogens is 1. The summed E-state index contributed by atoms with van der Waals surface area (Å²) in [5.41, 5.74) is 3.22. The molecule has 1 atom stereocenters. The van der Waals surface area contributed by atoms with E-state index in [1.807, 2.05) is 12.1 Å². The summed E-state index contributed by atoms with van der Waals surface area (Å²) in [5, 5.41) is 3.88. The minimum absolute atomic E-state index is 0.0928. The van der Waals surface area contributed by atoms with Gasteiger partial charge in [0.15, 0.2) is 9.84 Å². The van der Waals surface area contributed by atoms with Gasteiger partial charge >= 0.3 is 0 Å². The zero-order valence-corrected chi connectivity index (χ0v) is 14.5. The average molecular weight is 389 g/mol. The number of hydrogen-bond donors (Lipinski definition) is 1. The van der Waals surface area contributed by atoms with Gasteiger partial charge in [-0.1, -0.05) is 0 Å². The van der Waals surface area contributed by atoms with E-state index < -0.39 is 9.84 Å². The van der Waals surface area contributed by atoms with Gasteiger partial charge in [0.1, 0.15) is 5.75 Å². The predicted octanol–water partition coefficient (Wildman–Crippen LogP) is 1.73. The van der Waals surface area contributed by atoms with Gasteiger partial charge in [-0.3, -0.25) is 4.79 Å². The number of hydrogen-bond acceptors (Lipinski definition) is 5. The van der Waals surface area contributed by atoms with Crippen molar-refractivity contribution in [3.05, 3.63) is 28.2 Å². The molecule has 1 aromatic rings. The molecule has 0 aromatic heterocycles. The number of sulfone groups is 1. The quantitative estimate of drug-likeness (QED) is 0.614. The van der Waals surface area contributed by atoms with Crippen molar-refractivity contribution < 1.29 is 17.9 Å². The number of nitrogens with one attached hydrogen (secondary N) is 1. The van der Waals surface area contributed by atoms with E-state index in [2.05, 4.69) is 26.5 Å². The molecule has 0 saturated carbocycles. The summed E-state index contributed by atoms with van der Waals surface area (Å²) in [4.78, 5) is 11.7. The smallest absolute Gasteiger partial charge is 0.240 e. The number of amides is 1. The van der Waals surface area contributed by atoms with E-state index in [0.717, 1.165) is 10.0 Å². The first-order valence-corrected chi connectivity index (χ1v) is 9.37. The Morgan fingerprint density at radius 2 is 2.32 bits per heavy atom. The summed E-state index contributed by atoms with van der Waals surface area (Å²) in [6.07, 6.45) is 2.25. The van der Waals surface area contributed by atoms with Crippen LogP contribution in [0, 0.1) is 5.92 Å². The molecule has 1 aliphatic heterocycles. The normalized spacial score (nSPS) is 20.2. The first kappa shape index (κ1) is 17.0. The van der Waals surface area contributed by atoms with Crippen molar-refractivity contribution in [2.24, 2.45) is 11.0 Å². The third-order valence-electron chi connectivity index (χ3n) is 3.38. The Labute approximate surface area is 138 Å². The Morgan fingerprint density at radius 3 is 2.91 bits per heavy atom. The Balaban J connectivity index is 1.84. The van der Waals surface area contributed by atoms with E-state index in [4.69, 9.17) is 4.74 Å². The van der Waals surface area contributed by atoms with Crippen LogP contribution >= 0.6 is 15.9 Å². The number of nitrogens with zero attached hydrogens (tertiary/aromatic N) is 1. The van der Waals surface area contributed by atoms with Gasteiger partial charge in [0.2, 0.25) is 5.91 Å². The van der Waals surface area contributed by atoms with Gasteiger partial charge in [0, 0.05) is 6.42 Å². The summed E-state index contributed by atoms with van der Waals surface area (Å²) in [6, 6.07) is 5.41. The molecule has 8 heteroatoms. The van der Waals surface area contributed by atoms with Crippen molar-refractivity contribution in [1.29, 1.82) is 0 Å². The van der Waals surface area contributed by atoms with Crippen LogP contribution in [0.4, 0.5) is 0 Å². The number of rotatable bonds is 5. The molecule has 2 rings (SSSR count). The fourth-order valence-corrected chi connectivity index (χ4v) is 4.70. The largest absolute Gasteiger partial charge is 0.496 e. The minimum Gasteiger partial charge on any atom is -0.496 e. The topological polar surface area (TPSA) is 84.8 Å². The second kappa shape index (κ2) is 7.23. The van der Waals surface area contributed by atoms with Crippen LogP contribution < -0.4 is 10.2 Å². The Kier molecular flexibility index (Phi) is 5.57. The zero-order chi connectivity index (χ0) is 16.2. The van der Waals surface area contributed by atoms with Gasteiger partial charge in [-0.05, 0) is 52.0 Å². The van der Waals surface area contributed by atoms with E-state index in [0.29, 0.717) is 12.2 Å². The lowest BCUT2D eigenvalue weighted by Crippen LogP contribution is -2.21. The molecule has 1 aliphatic rings. The summed E-state index contributed by atoms with van der Waals surface area (Å²) in [7, 11) is -1.37. The van der Waals surface area contributed by atoms with E-state index in [1.165, 1.54) is 6.21 Å². The molecular weight excluding hydrogens is 372 g/mol. The van der Waals surface area contributed by atoms with Crippen LogP contribution in [0.1, 0.15) is 18.4 Å². The van der Waals surface area contributed by atoms with Crippen molar-refractivity contribution in [3.63, 3.8) is 0 Å². The fraction of sp³-hybridized carbons (Fsp3) is 0.429. The van der Waals surface area contributed by atoms with Crippen molar-refractivity contribution in [2.45, 2.75) is 12.8 Å². The average Bonchev–Trinajstić information content (AvgIpc) is 2.78. The number of carbonyl (C=O) groups excluding carboxylic acids is 1. The van der Waals surface area contributed by atoms with Crippen molar-refractivity contribution in [2.75, 3.05) is 18.6 Å². The molecule has 120 valence electrons. The zero-order valence-electron chi connectivity index (χ0n) is 12.1. The molecule has 0 unspecified atom stereocenters. The van der Waals surface area contributed by atoms with E-state index in [-0.39, 0.29) is 29.8 Å². The van der Waals surface area contributed by atoms with Gasteiger partial charge in [-0.2, -0.15) is 5.10 Å². The molecule has 1 aromatic carbocycles. The minimum atomic E-state index is -2.95. The predicted molar refractivity (Wildman–Crippen MR) is 87.8 cm³/mol. The van der Waals surface area contributed by atoms with Crippen LogP contribution in [0.2, 0.25) is 0 Å². The van der Waals surface area contributed by atoms with Crippen LogP contribution in [0.3, 0.4) is 0 Å². The van der Waals surface area contributed by atoms with Crippen LogP contribution in [0.15, 0.2) is 27.8 Å². The van der Waals surface area contributed by atoms with Gasteiger partial charge in [0.05, 0.1) is 29.3 Å². The third-order valence-corrected chi connectivity index (χ3v) is 5.84.